The predicted octanol–water partition coefficient (Wildman–Crippen LogP) is 5.68. The highest BCUT2D eigenvalue weighted by Gasteiger charge is 2.28. The highest BCUT2D eigenvalue weighted by atomic mass is 32.2. The standard InChI is InChI=1S/C14H20F3NS/c1-2-3-4-5-6-11-18-12-7-9-13(10-8-12)19-14(15,16)17/h7-10,18H,2-6,11H2,1H3. The average molecular weight is 291 g/mol. The minimum atomic E-state index is -4.21. The number of anilines is 1. The van der Waals surface area contributed by atoms with Crippen molar-refractivity contribution in [2.45, 2.75) is 49.4 Å². The normalized spacial score (nSPS) is 11.6. The van der Waals surface area contributed by atoms with E-state index >= 15 is 0 Å². The fourth-order valence-corrected chi connectivity index (χ4v) is 2.28. The number of unbranched alkanes of at least 4 members (excludes halogenated alkanes) is 4. The fourth-order valence-electron chi connectivity index (χ4n) is 1.74. The molecule has 1 N–H and O–H groups in total. The van der Waals surface area contributed by atoms with Gasteiger partial charge in [0.1, 0.15) is 0 Å². The maximum absolute atomic E-state index is 12.1. The third-order valence-corrected chi connectivity index (χ3v) is 3.44. The Kier molecular flexibility index (Phi) is 7.13. The molecule has 0 fully saturated rings. The van der Waals surface area contributed by atoms with Crippen LogP contribution in [0.2, 0.25) is 0 Å². The molecule has 19 heavy (non-hydrogen) atoms. The molecule has 108 valence electrons. The van der Waals surface area contributed by atoms with Gasteiger partial charge < -0.3 is 5.32 Å². The van der Waals surface area contributed by atoms with Crippen LogP contribution < -0.4 is 5.32 Å². The molecule has 0 aliphatic rings. The second kappa shape index (κ2) is 8.35. The van der Waals surface area contributed by atoms with E-state index < -0.39 is 5.51 Å². The zero-order chi connectivity index (χ0) is 14.1. The lowest BCUT2D eigenvalue weighted by Crippen LogP contribution is -2.02. The molecule has 0 saturated heterocycles. The number of rotatable bonds is 8. The summed E-state index contributed by atoms with van der Waals surface area (Å²) in [5.41, 5.74) is -3.34. The molecule has 0 radical (unpaired) electrons. The number of hydrogen-bond donors (Lipinski definition) is 1. The molecule has 0 aliphatic heterocycles. The van der Waals surface area contributed by atoms with Crippen molar-refractivity contribution < 1.29 is 13.2 Å². The number of thioether (sulfide) groups is 1. The van der Waals surface area contributed by atoms with Crippen LogP contribution in [-0.4, -0.2) is 12.1 Å². The van der Waals surface area contributed by atoms with Gasteiger partial charge in [-0.15, -0.1) is 0 Å². The largest absolute Gasteiger partial charge is 0.446 e. The zero-order valence-electron chi connectivity index (χ0n) is 11.1. The van der Waals surface area contributed by atoms with Gasteiger partial charge in [0.2, 0.25) is 0 Å². The smallest absolute Gasteiger partial charge is 0.385 e. The van der Waals surface area contributed by atoms with Gasteiger partial charge in [0, 0.05) is 17.1 Å². The molecule has 0 aliphatic carbocycles. The van der Waals surface area contributed by atoms with E-state index in [9.17, 15) is 13.2 Å². The van der Waals surface area contributed by atoms with Gasteiger partial charge in [0.15, 0.2) is 0 Å². The van der Waals surface area contributed by atoms with Crippen LogP contribution in [0.25, 0.3) is 0 Å². The molecule has 0 saturated carbocycles. The quantitative estimate of drug-likeness (QED) is 0.488. The third-order valence-electron chi connectivity index (χ3n) is 2.70. The van der Waals surface area contributed by atoms with E-state index in [4.69, 9.17) is 0 Å². The Balaban J connectivity index is 2.25. The Morgan fingerprint density at radius 1 is 1.00 bits per heavy atom. The number of hydrogen-bond acceptors (Lipinski definition) is 2. The van der Waals surface area contributed by atoms with Crippen LogP contribution in [-0.2, 0) is 0 Å². The van der Waals surface area contributed by atoms with Crippen molar-refractivity contribution >= 4 is 17.4 Å². The molecule has 0 unspecified atom stereocenters. The van der Waals surface area contributed by atoms with Crippen LogP contribution in [0.15, 0.2) is 29.2 Å². The SMILES string of the molecule is CCCCCCCNc1ccc(SC(F)(F)F)cc1. The lowest BCUT2D eigenvalue weighted by Gasteiger charge is -2.08. The molecule has 1 nitrogen and oxygen atoms in total. The van der Waals surface area contributed by atoms with Crippen LogP contribution in [0, 0.1) is 0 Å². The minimum absolute atomic E-state index is 0.0809. The summed E-state index contributed by atoms with van der Waals surface area (Å²) in [7, 11) is 0. The van der Waals surface area contributed by atoms with Gasteiger partial charge in [-0.1, -0.05) is 32.6 Å². The van der Waals surface area contributed by atoms with Crippen molar-refractivity contribution in [2.24, 2.45) is 0 Å². The van der Waals surface area contributed by atoms with Crippen molar-refractivity contribution in [3.63, 3.8) is 0 Å². The first-order valence-corrected chi connectivity index (χ1v) is 7.42. The second-order valence-electron chi connectivity index (χ2n) is 4.41. The fraction of sp³-hybridized carbons (Fsp3) is 0.571. The van der Waals surface area contributed by atoms with Crippen LogP contribution in [0.4, 0.5) is 18.9 Å². The number of nitrogens with one attached hydrogen (secondary N) is 1. The summed E-state index contributed by atoms with van der Waals surface area (Å²) in [6, 6.07) is 6.38. The summed E-state index contributed by atoms with van der Waals surface area (Å²) in [5.74, 6) is 0. The van der Waals surface area contributed by atoms with Gasteiger partial charge >= 0.3 is 5.51 Å². The van der Waals surface area contributed by atoms with Crippen molar-refractivity contribution in [3.05, 3.63) is 24.3 Å². The van der Waals surface area contributed by atoms with Crippen molar-refractivity contribution in [1.82, 2.24) is 0 Å². The molecule has 0 atom stereocenters. The van der Waals surface area contributed by atoms with Crippen LogP contribution in [0.1, 0.15) is 39.0 Å². The molecule has 0 spiro atoms. The van der Waals surface area contributed by atoms with Gasteiger partial charge in [0.25, 0.3) is 0 Å². The van der Waals surface area contributed by atoms with E-state index in [0.717, 1.165) is 18.7 Å². The summed E-state index contributed by atoms with van der Waals surface area (Å²) in [6.45, 7) is 3.05. The predicted molar refractivity (Wildman–Crippen MR) is 75.6 cm³/mol. The molecule has 0 aromatic heterocycles. The molecule has 1 rings (SSSR count). The molecule has 0 heterocycles. The highest BCUT2D eigenvalue weighted by Crippen LogP contribution is 2.36. The molecule has 1 aromatic carbocycles. The zero-order valence-corrected chi connectivity index (χ0v) is 11.9. The van der Waals surface area contributed by atoms with E-state index in [1.165, 1.54) is 37.8 Å². The summed E-state index contributed by atoms with van der Waals surface area (Å²) >= 11 is -0.0809. The van der Waals surface area contributed by atoms with E-state index in [-0.39, 0.29) is 16.7 Å². The minimum Gasteiger partial charge on any atom is -0.385 e. The van der Waals surface area contributed by atoms with Gasteiger partial charge in [-0.3, -0.25) is 0 Å². The molecule has 5 heteroatoms. The van der Waals surface area contributed by atoms with E-state index in [1.807, 2.05) is 0 Å². The van der Waals surface area contributed by atoms with E-state index in [0.29, 0.717) is 0 Å². The highest BCUT2D eigenvalue weighted by molar-refractivity contribution is 8.00. The Labute approximate surface area is 117 Å². The lowest BCUT2D eigenvalue weighted by atomic mass is 10.1. The Bertz CT molecular complexity index is 349. The van der Waals surface area contributed by atoms with Crippen molar-refractivity contribution in [1.29, 1.82) is 0 Å². The van der Waals surface area contributed by atoms with Crippen molar-refractivity contribution in [2.75, 3.05) is 11.9 Å². The van der Waals surface area contributed by atoms with Crippen LogP contribution in [0.3, 0.4) is 0 Å². The Morgan fingerprint density at radius 3 is 2.21 bits per heavy atom. The summed E-state index contributed by atoms with van der Waals surface area (Å²) < 4.78 is 36.4. The molecular weight excluding hydrogens is 271 g/mol. The topological polar surface area (TPSA) is 12.0 Å². The van der Waals surface area contributed by atoms with E-state index in [1.54, 1.807) is 12.1 Å². The molecule has 0 amide bonds. The number of benzene rings is 1. The first kappa shape index (κ1) is 16.2. The van der Waals surface area contributed by atoms with Gasteiger partial charge in [-0.25, -0.2) is 0 Å². The Hall–Kier alpha value is -0.840. The maximum Gasteiger partial charge on any atom is 0.446 e. The number of halogens is 3. The first-order chi connectivity index (χ1) is 9.01. The average Bonchev–Trinajstić information content (AvgIpc) is 2.34. The van der Waals surface area contributed by atoms with Crippen LogP contribution >= 0.6 is 11.8 Å². The number of alkyl halides is 3. The maximum atomic E-state index is 12.1. The molecular formula is C14H20F3NS. The van der Waals surface area contributed by atoms with Gasteiger partial charge in [0.05, 0.1) is 0 Å². The van der Waals surface area contributed by atoms with Crippen molar-refractivity contribution in [3.8, 4) is 0 Å². The van der Waals surface area contributed by atoms with Crippen LogP contribution in [0.5, 0.6) is 0 Å². The van der Waals surface area contributed by atoms with Gasteiger partial charge in [-0.05, 0) is 42.4 Å². The monoisotopic (exact) mass is 291 g/mol. The van der Waals surface area contributed by atoms with Gasteiger partial charge in [-0.2, -0.15) is 13.2 Å². The first-order valence-electron chi connectivity index (χ1n) is 6.61. The summed E-state index contributed by atoms with van der Waals surface area (Å²) in [4.78, 5) is 0.223. The lowest BCUT2D eigenvalue weighted by molar-refractivity contribution is -0.0328. The molecule has 0 bridgehead atoms. The summed E-state index contributed by atoms with van der Waals surface area (Å²) in [5, 5.41) is 3.22. The second-order valence-corrected chi connectivity index (χ2v) is 5.55. The summed E-state index contributed by atoms with van der Waals surface area (Å²) in [6.07, 6.45) is 6.04. The third kappa shape index (κ3) is 8.03. The molecule has 1 aromatic rings. The van der Waals surface area contributed by atoms with E-state index in [2.05, 4.69) is 12.2 Å². The Morgan fingerprint density at radius 2 is 1.63 bits per heavy atom.